The van der Waals surface area contributed by atoms with Crippen LogP contribution in [0.2, 0.25) is 0 Å². The Morgan fingerprint density at radius 2 is 0.966 bits per heavy atom. The average molecular weight is 768 g/mol. The van der Waals surface area contributed by atoms with Gasteiger partial charge in [-0.3, -0.25) is 0 Å². The number of aromatic nitrogens is 3. The van der Waals surface area contributed by atoms with Gasteiger partial charge in [0.1, 0.15) is 0 Å². The van der Waals surface area contributed by atoms with Crippen molar-refractivity contribution in [3.05, 3.63) is 222 Å². The number of hydrogen-bond acceptors (Lipinski definition) is 3. The lowest BCUT2D eigenvalue weighted by Crippen LogP contribution is -2.31. The predicted octanol–water partition coefficient (Wildman–Crippen LogP) is 14.0. The van der Waals surface area contributed by atoms with Crippen molar-refractivity contribution < 1.29 is 0 Å². The molecule has 0 bridgehead atoms. The first-order chi connectivity index (χ1) is 29.3. The molecule has 0 unspecified atom stereocenters. The summed E-state index contributed by atoms with van der Waals surface area (Å²) in [7, 11) is 0. The molecule has 0 fully saturated rings. The maximum absolute atomic E-state index is 5.34. The molecular formula is C55H33N3S. The van der Waals surface area contributed by atoms with E-state index in [0.29, 0.717) is 0 Å². The zero-order valence-corrected chi connectivity index (χ0v) is 32.6. The van der Waals surface area contributed by atoms with E-state index < -0.39 is 5.41 Å². The molecule has 274 valence electrons. The van der Waals surface area contributed by atoms with Gasteiger partial charge in [0.15, 0.2) is 0 Å². The van der Waals surface area contributed by atoms with Crippen LogP contribution < -0.4 is 0 Å². The molecule has 0 saturated heterocycles. The number of nitrogens with zero attached hydrogens (tertiary/aromatic N) is 3. The highest BCUT2D eigenvalue weighted by Gasteiger charge is 2.50. The molecule has 3 nitrogen and oxygen atoms in total. The normalized spacial score (nSPS) is 13.5. The molecule has 0 amide bonds. The Labute approximate surface area is 345 Å². The highest BCUT2D eigenvalue weighted by atomic mass is 32.2. The van der Waals surface area contributed by atoms with Crippen molar-refractivity contribution in [2.45, 2.75) is 15.2 Å². The second kappa shape index (κ2) is 12.4. The summed E-state index contributed by atoms with van der Waals surface area (Å²) in [5, 5.41) is 4.78. The van der Waals surface area contributed by atoms with Gasteiger partial charge in [0, 0.05) is 37.1 Å². The fourth-order valence-corrected chi connectivity index (χ4v) is 11.4. The fraction of sp³-hybridized carbons (Fsp3) is 0.0182. The molecule has 2 aromatic heterocycles. The fourth-order valence-electron chi connectivity index (χ4n) is 10.2. The highest BCUT2D eigenvalue weighted by Crippen LogP contribution is 2.63. The average Bonchev–Trinajstić information content (AvgIpc) is 3.77. The number of fused-ring (bicyclic) bond motifs is 14. The van der Waals surface area contributed by atoms with E-state index in [2.05, 4.69) is 180 Å². The zero-order chi connectivity index (χ0) is 38.7. The van der Waals surface area contributed by atoms with E-state index in [1.165, 1.54) is 65.0 Å². The molecule has 3 heterocycles. The number of benzene rings is 9. The molecule has 1 spiro atoms. The minimum atomic E-state index is -0.464. The summed E-state index contributed by atoms with van der Waals surface area (Å²) in [6, 6.07) is 73.1. The summed E-state index contributed by atoms with van der Waals surface area (Å²) >= 11 is 1.89. The van der Waals surface area contributed by atoms with E-state index in [9.17, 15) is 0 Å². The van der Waals surface area contributed by atoms with Crippen LogP contribution >= 0.6 is 11.8 Å². The van der Waals surface area contributed by atoms with Gasteiger partial charge in [-0.25, -0.2) is 9.97 Å². The lowest BCUT2D eigenvalue weighted by Gasteiger charge is -2.39. The standard InChI is InChI=1S/C55H33N3S/c1-2-16-34(17-3-1)53-54(57-47-26-12-11-25-46(47)56-53)39-30-31-49(37-20-5-4-18-35(37)39)58-48-27-13-7-21-38(48)41-32-40-36-19-6-8-22-42(36)55(45(40)33-50(41)58)43-23-9-14-28-51(43)59-52-29-15-10-24-44(52)55/h1-33H. The Kier molecular flexibility index (Phi) is 6.87. The van der Waals surface area contributed by atoms with Gasteiger partial charge in [-0.2, -0.15) is 0 Å². The van der Waals surface area contributed by atoms with Crippen molar-refractivity contribution in [2.24, 2.45) is 0 Å². The van der Waals surface area contributed by atoms with E-state index in [4.69, 9.17) is 9.97 Å². The Morgan fingerprint density at radius 1 is 0.373 bits per heavy atom. The monoisotopic (exact) mass is 767 g/mol. The summed E-state index contributed by atoms with van der Waals surface area (Å²) in [5.74, 6) is 0. The molecule has 11 aromatic rings. The summed E-state index contributed by atoms with van der Waals surface area (Å²) in [4.78, 5) is 13.2. The van der Waals surface area contributed by atoms with Crippen molar-refractivity contribution >= 4 is 55.4 Å². The molecule has 59 heavy (non-hydrogen) atoms. The van der Waals surface area contributed by atoms with Crippen molar-refractivity contribution in [1.82, 2.24) is 14.5 Å². The van der Waals surface area contributed by atoms with Gasteiger partial charge >= 0.3 is 0 Å². The minimum Gasteiger partial charge on any atom is -0.309 e. The van der Waals surface area contributed by atoms with Crippen LogP contribution in [0.5, 0.6) is 0 Å². The Bertz CT molecular complexity index is 3500. The molecule has 0 atom stereocenters. The summed E-state index contributed by atoms with van der Waals surface area (Å²) in [5.41, 5.74) is 16.6. The molecule has 0 N–H and O–H groups in total. The van der Waals surface area contributed by atoms with Crippen LogP contribution in [0.1, 0.15) is 22.3 Å². The number of para-hydroxylation sites is 3. The van der Waals surface area contributed by atoms with E-state index in [-0.39, 0.29) is 0 Å². The lowest BCUT2D eigenvalue weighted by molar-refractivity contribution is 0.723. The van der Waals surface area contributed by atoms with Crippen molar-refractivity contribution in [3.8, 4) is 39.3 Å². The van der Waals surface area contributed by atoms with E-state index >= 15 is 0 Å². The molecule has 0 radical (unpaired) electrons. The third-order valence-corrected chi connectivity index (χ3v) is 13.8. The molecule has 0 saturated carbocycles. The predicted molar refractivity (Wildman–Crippen MR) is 244 cm³/mol. The van der Waals surface area contributed by atoms with Crippen LogP contribution in [0.4, 0.5) is 0 Å². The first-order valence-corrected chi connectivity index (χ1v) is 21.0. The van der Waals surface area contributed by atoms with Gasteiger partial charge in [0.2, 0.25) is 0 Å². The van der Waals surface area contributed by atoms with Gasteiger partial charge in [-0.05, 0) is 93.4 Å². The van der Waals surface area contributed by atoms with Crippen molar-refractivity contribution in [2.75, 3.05) is 0 Å². The molecule has 4 heteroatoms. The van der Waals surface area contributed by atoms with Crippen LogP contribution in [0.15, 0.2) is 210 Å². The second-order valence-corrected chi connectivity index (χ2v) is 16.7. The molecule has 9 aromatic carbocycles. The molecule has 13 rings (SSSR count). The van der Waals surface area contributed by atoms with Crippen molar-refractivity contribution in [3.63, 3.8) is 0 Å². The smallest absolute Gasteiger partial charge is 0.0979 e. The zero-order valence-electron chi connectivity index (χ0n) is 31.8. The lowest BCUT2D eigenvalue weighted by atomic mass is 9.67. The van der Waals surface area contributed by atoms with Gasteiger partial charge < -0.3 is 4.57 Å². The first-order valence-electron chi connectivity index (χ1n) is 20.2. The largest absolute Gasteiger partial charge is 0.309 e. The summed E-state index contributed by atoms with van der Waals surface area (Å²) < 4.78 is 2.51. The van der Waals surface area contributed by atoms with Crippen LogP contribution in [0.3, 0.4) is 0 Å². The van der Waals surface area contributed by atoms with Crippen LogP contribution in [0, 0.1) is 0 Å². The van der Waals surface area contributed by atoms with E-state index in [1.807, 2.05) is 36.0 Å². The second-order valence-electron chi connectivity index (χ2n) is 15.6. The third-order valence-electron chi connectivity index (χ3n) is 12.7. The summed E-state index contributed by atoms with van der Waals surface area (Å²) in [6.07, 6.45) is 0. The molecule has 1 aliphatic carbocycles. The van der Waals surface area contributed by atoms with Gasteiger partial charge in [0.05, 0.1) is 44.6 Å². The van der Waals surface area contributed by atoms with Crippen molar-refractivity contribution in [1.29, 1.82) is 0 Å². The first kappa shape index (κ1) is 32.8. The highest BCUT2D eigenvalue weighted by molar-refractivity contribution is 7.99. The molecule has 2 aliphatic rings. The van der Waals surface area contributed by atoms with Gasteiger partial charge in [0.25, 0.3) is 0 Å². The third kappa shape index (κ3) is 4.49. The van der Waals surface area contributed by atoms with Gasteiger partial charge in [-0.1, -0.05) is 157 Å². The van der Waals surface area contributed by atoms with Gasteiger partial charge in [-0.15, -0.1) is 0 Å². The quantitative estimate of drug-likeness (QED) is 0.179. The van der Waals surface area contributed by atoms with E-state index in [1.54, 1.807) is 0 Å². The Morgan fingerprint density at radius 3 is 1.73 bits per heavy atom. The maximum Gasteiger partial charge on any atom is 0.0979 e. The molecular weight excluding hydrogens is 735 g/mol. The minimum absolute atomic E-state index is 0.464. The van der Waals surface area contributed by atoms with Crippen LogP contribution in [-0.4, -0.2) is 14.5 Å². The van der Waals surface area contributed by atoms with Crippen LogP contribution in [-0.2, 0) is 5.41 Å². The Hall–Kier alpha value is -7.27. The number of hydrogen-bond donors (Lipinski definition) is 0. The topological polar surface area (TPSA) is 30.7 Å². The molecule has 1 aliphatic heterocycles. The van der Waals surface area contributed by atoms with E-state index in [0.717, 1.165) is 50.0 Å². The maximum atomic E-state index is 5.34. The number of rotatable bonds is 3. The summed E-state index contributed by atoms with van der Waals surface area (Å²) in [6.45, 7) is 0. The SMILES string of the molecule is c1ccc(-c2nc3ccccc3nc2-c2ccc(-n3c4ccccc4c4cc5c(cc43)C3(c4ccccc4Sc4ccccc43)c3ccccc3-5)c3ccccc23)cc1. The Balaban J connectivity index is 1.12. The van der Waals surface area contributed by atoms with Crippen LogP contribution in [0.25, 0.3) is 82.9 Å².